The highest BCUT2D eigenvalue weighted by Gasteiger charge is 2.25. The molecule has 1 saturated carbocycles. The summed E-state index contributed by atoms with van der Waals surface area (Å²) >= 11 is 0. The quantitative estimate of drug-likeness (QED) is 0.755. The Balaban J connectivity index is 2.04. The average molecular weight is 365 g/mol. The van der Waals surface area contributed by atoms with Crippen LogP contribution in [-0.2, 0) is 7.05 Å². The molecule has 2 aromatic heterocycles. The van der Waals surface area contributed by atoms with Gasteiger partial charge in [0.2, 0.25) is 0 Å². The van der Waals surface area contributed by atoms with Gasteiger partial charge in [0.15, 0.2) is 0 Å². The lowest BCUT2D eigenvalue weighted by Crippen LogP contribution is -2.34. The second-order valence-electron chi connectivity index (χ2n) is 7.78. The van der Waals surface area contributed by atoms with Crippen LogP contribution < -0.4 is 10.9 Å². The van der Waals surface area contributed by atoms with Crippen LogP contribution in [0.25, 0.3) is 21.8 Å². The number of hydrogen-bond donors (Lipinski definition) is 1. The van der Waals surface area contributed by atoms with Crippen LogP contribution >= 0.6 is 0 Å². The Kier molecular flexibility index (Phi) is 4.54. The molecule has 5 nitrogen and oxygen atoms in total. The van der Waals surface area contributed by atoms with E-state index in [0.717, 1.165) is 48.4 Å². The van der Waals surface area contributed by atoms with Crippen molar-refractivity contribution in [3.05, 3.63) is 46.4 Å². The maximum atomic E-state index is 13.4. The van der Waals surface area contributed by atoms with Crippen molar-refractivity contribution in [3.63, 3.8) is 0 Å². The molecule has 5 heteroatoms. The van der Waals surface area contributed by atoms with Gasteiger partial charge in [-0.15, -0.1) is 0 Å². The second-order valence-corrected chi connectivity index (χ2v) is 7.78. The van der Waals surface area contributed by atoms with Gasteiger partial charge in [0.1, 0.15) is 5.52 Å². The lowest BCUT2D eigenvalue weighted by atomic mass is 10.1. The highest BCUT2D eigenvalue weighted by atomic mass is 16.2. The summed E-state index contributed by atoms with van der Waals surface area (Å²) in [6, 6.07) is 8.21. The number of nitrogens with one attached hydrogen (secondary N) is 1. The van der Waals surface area contributed by atoms with Gasteiger partial charge in [0.05, 0.1) is 5.56 Å². The van der Waals surface area contributed by atoms with Gasteiger partial charge in [-0.1, -0.05) is 38.0 Å². The molecule has 1 fully saturated rings. The van der Waals surface area contributed by atoms with E-state index in [1.54, 1.807) is 0 Å². The van der Waals surface area contributed by atoms with E-state index in [4.69, 9.17) is 0 Å². The lowest BCUT2D eigenvalue weighted by Gasteiger charge is -2.18. The van der Waals surface area contributed by atoms with Crippen LogP contribution in [0.5, 0.6) is 0 Å². The topological polar surface area (TPSA) is 56.0 Å². The van der Waals surface area contributed by atoms with E-state index in [0.29, 0.717) is 11.1 Å². The van der Waals surface area contributed by atoms with Gasteiger partial charge in [0.25, 0.3) is 11.5 Å². The third kappa shape index (κ3) is 2.85. The largest absolute Gasteiger partial charge is 0.350 e. The number of para-hydroxylation sites is 1. The summed E-state index contributed by atoms with van der Waals surface area (Å²) in [6.07, 6.45) is 6.96. The van der Waals surface area contributed by atoms with Crippen molar-refractivity contribution in [3.8, 4) is 0 Å². The summed E-state index contributed by atoms with van der Waals surface area (Å²) in [6.45, 7) is 4.06. The van der Waals surface area contributed by atoms with Crippen LogP contribution in [0.3, 0.4) is 0 Å². The molecule has 0 saturated heterocycles. The van der Waals surface area contributed by atoms with Crippen molar-refractivity contribution in [2.24, 2.45) is 7.05 Å². The van der Waals surface area contributed by atoms with Gasteiger partial charge < -0.3 is 14.5 Å². The Morgan fingerprint density at radius 2 is 1.96 bits per heavy atom. The van der Waals surface area contributed by atoms with Crippen molar-refractivity contribution in [2.45, 2.75) is 58.0 Å². The number of aromatic nitrogens is 2. The summed E-state index contributed by atoms with van der Waals surface area (Å²) in [5.41, 5.74) is 2.22. The molecule has 4 rings (SSSR count). The van der Waals surface area contributed by atoms with Crippen molar-refractivity contribution >= 4 is 27.7 Å². The number of aryl methyl sites for hydroxylation is 1. The SMILES string of the molecule is CC[C@H](C)NC(=O)c1cn(C2CCCC2)c(=O)c2c1c1ccccc1n2C. The standard InChI is InChI=1S/C22H27N3O2/c1-4-14(2)23-21(26)17-13-25(15-9-5-6-10-15)22(27)20-19(17)16-11-7-8-12-18(16)24(20)3/h7-8,11-15H,4-6,9-10H2,1-3H3,(H,23,26)/t14-/m0/s1. The molecule has 0 radical (unpaired) electrons. The van der Waals surface area contributed by atoms with Gasteiger partial charge in [-0.3, -0.25) is 9.59 Å². The highest BCUT2D eigenvalue weighted by Crippen LogP contribution is 2.33. The predicted molar refractivity (Wildman–Crippen MR) is 109 cm³/mol. The predicted octanol–water partition coefficient (Wildman–Crippen LogP) is 4.14. The summed E-state index contributed by atoms with van der Waals surface area (Å²) < 4.78 is 3.76. The Morgan fingerprint density at radius 3 is 2.67 bits per heavy atom. The number of fused-ring (bicyclic) bond motifs is 3. The second kappa shape index (κ2) is 6.87. The molecule has 0 aliphatic heterocycles. The molecule has 1 aliphatic rings. The molecule has 1 atom stereocenters. The van der Waals surface area contributed by atoms with Gasteiger partial charge in [0, 0.05) is 41.6 Å². The molecule has 27 heavy (non-hydrogen) atoms. The van der Waals surface area contributed by atoms with E-state index in [-0.39, 0.29) is 23.6 Å². The maximum Gasteiger partial charge on any atom is 0.275 e. The molecule has 1 aromatic carbocycles. The summed E-state index contributed by atoms with van der Waals surface area (Å²) in [4.78, 5) is 26.5. The number of carbonyl (C=O) groups is 1. The number of carbonyl (C=O) groups excluding carboxylic acids is 1. The Hall–Kier alpha value is -2.56. The van der Waals surface area contributed by atoms with Crippen LogP contribution in [0.2, 0.25) is 0 Å². The molecule has 3 aromatic rings. The van der Waals surface area contributed by atoms with E-state index in [1.165, 1.54) is 0 Å². The summed E-state index contributed by atoms with van der Waals surface area (Å²) in [5, 5.41) is 4.82. The first kappa shape index (κ1) is 17.8. The minimum absolute atomic E-state index is 0.00990. The molecule has 0 spiro atoms. The molecule has 1 N–H and O–H groups in total. The highest BCUT2D eigenvalue weighted by molar-refractivity contribution is 6.17. The first-order valence-electron chi connectivity index (χ1n) is 9.96. The fourth-order valence-electron chi connectivity index (χ4n) is 4.33. The monoisotopic (exact) mass is 365 g/mol. The zero-order valence-corrected chi connectivity index (χ0v) is 16.3. The molecule has 2 heterocycles. The molecule has 0 unspecified atom stereocenters. The van der Waals surface area contributed by atoms with Crippen LogP contribution in [0, 0.1) is 0 Å². The average Bonchev–Trinajstić information content (AvgIpc) is 3.30. The zero-order chi connectivity index (χ0) is 19.1. The van der Waals surface area contributed by atoms with E-state index in [1.807, 2.05) is 53.6 Å². The van der Waals surface area contributed by atoms with E-state index in [2.05, 4.69) is 12.2 Å². The molecule has 1 aliphatic carbocycles. The number of benzene rings is 1. The Labute approximate surface area is 159 Å². The molecule has 0 bridgehead atoms. The molecule has 142 valence electrons. The van der Waals surface area contributed by atoms with Gasteiger partial charge in [-0.2, -0.15) is 0 Å². The van der Waals surface area contributed by atoms with Crippen molar-refractivity contribution in [1.29, 1.82) is 0 Å². The normalized spacial score (nSPS) is 16.3. The lowest BCUT2D eigenvalue weighted by molar-refractivity contribution is 0.0940. The van der Waals surface area contributed by atoms with E-state index in [9.17, 15) is 9.59 Å². The Bertz CT molecular complexity index is 1070. The zero-order valence-electron chi connectivity index (χ0n) is 16.3. The number of amides is 1. The Morgan fingerprint density at radius 1 is 1.26 bits per heavy atom. The number of rotatable bonds is 4. The first-order chi connectivity index (χ1) is 13.0. The minimum Gasteiger partial charge on any atom is -0.350 e. The number of nitrogens with zero attached hydrogens (tertiary/aromatic N) is 2. The molecular weight excluding hydrogens is 338 g/mol. The van der Waals surface area contributed by atoms with Crippen LogP contribution in [0.15, 0.2) is 35.3 Å². The van der Waals surface area contributed by atoms with E-state index >= 15 is 0 Å². The van der Waals surface area contributed by atoms with Gasteiger partial charge in [-0.05, 0) is 32.3 Å². The summed E-state index contributed by atoms with van der Waals surface area (Å²) in [5.74, 6) is -0.0996. The van der Waals surface area contributed by atoms with Crippen LogP contribution in [-0.4, -0.2) is 21.1 Å². The number of hydrogen-bond acceptors (Lipinski definition) is 2. The van der Waals surface area contributed by atoms with Crippen LogP contribution in [0.1, 0.15) is 62.4 Å². The summed E-state index contributed by atoms with van der Waals surface area (Å²) in [7, 11) is 1.92. The smallest absolute Gasteiger partial charge is 0.275 e. The molecule has 1 amide bonds. The third-order valence-corrected chi connectivity index (χ3v) is 6.03. The van der Waals surface area contributed by atoms with E-state index < -0.39 is 0 Å². The first-order valence-corrected chi connectivity index (χ1v) is 9.96. The van der Waals surface area contributed by atoms with Crippen molar-refractivity contribution in [1.82, 2.24) is 14.5 Å². The van der Waals surface area contributed by atoms with Crippen LogP contribution in [0.4, 0.5) is 0 Å². The fraction of sp³-hybridized carbons (Fsp3) is 0.455. The number of pyridine rings is 1. The minimum atomic E-state index is -0.0996. The van der Waals surface area contributed by atoms with Gasteiger partial charge >= 0.3 is 0 Å². The third-order valence-electron chi connectivity index (χ3n) is 6.03. The van der Waals surface area contributed by atoms with Crippen molar-refractivity contribution < 1.29 is 4.79 Å². The van der Waals surface area contributed by atoms with Gasteiger partial charge in [-0.25, -0.2) is 0 Å². The maximum absolute atomic E-state index is 13.4. The molecular formula is C22H27N3O2. The van der Waals surface area contributed by atoms with Crippen molar-refractivity contribution in [2.75, 3.05) is 0 Å². The fourth-order valence-corrected chi connectivity index (χ4v) is 4.33.